The monoisotopic (exact) mass is 218 g/mol. The highest BCUT2D eigenvalue weighted by atomic mass is 35.5. The molecule has 1 aromatic rings. The first-order valence-corrected chi connectivity index (χ1v) is 4.02. The molecule has 0 aliphatic heterocycles. The van der Waals surface area contributed by atoms with Crippen LogP contribution in [0.5, 0.6) is 5.75 Å². The molecule has 0 saturated carbocycles. The Morgan fingerprint density at radius 3 is 2.50 bits per heavy atom. The molecule has 1 atom stereocenters. The minimum atomic E-state index is -0.580. The van der Waals surface area contributed by atoms with Crippen molar-refractivity contribution in [2.24, 2.45) is 5.73 Å². The van der Waals surface area contributed by atoms with Gasteiger partial charge in [0.15, 0.2) is 0 Å². The van der Waals surface area contributed by atoms with Crippen LogP contribution in [0.3, 0.4) is 0 Å². The van der Waals surface area contributed by atoms with Gasteiger partial charge >= 0.3 is 0 Å². The maximum Gasteiger partial charge on any atom is 0.143 e. The van der Waals surface area contributed by atoms with Crippen LogP contribution in [0, 0.1) is 6.92 Å². The summed E-state index contributed by atoms with van der Waals surface area (Å²) in [7, 11) is 0. The molecule has 0 heterocycles. The second-order valence-corrected chi connectivity index (χ2v) is 3.02. The van der Waals surface area contributed by atoms with Gasteiger partial charge in [0.25, 0.3) is 0 Å². The van der Waals surface area contributed by atoms with E-state index in [1.807, 2.05) is 6.92 Å². The highest BCUT2D eigenvalue weighted by Crippen LogP contribution is 2.31. The van der Waals surface area contributed by atoms with Gasteiger partial charge in [-0.25, -0.2) is 0 Å². The molecule has 0 unspecified atom stereocenters. The van der Waals surface area contributed by atoms with E-state index in [0.717, 1.165) is 5.56 Å². The lowest BCUT2D eigenvalue weighted by molar-refractivity contribution is 0.265. The minimum absolute atomic E-state index is 0. The van der Waals surface area contributed by atoms with Crippen LogP contribution < -0.4 is 11.5 Å². The quantitative estimate of drug-likeness (QED) is 0.434. The Balaban J connectivity index is 0.00000169. The Kier molecular flexibility index (Phi) is 4.70. The van der Waals surface area contributed by atoms with E-state index in [-0.39, 0.29) is 30.5 Å². The molecule has 0 amide bonds. The number of anilines is 1. The summed E-state index contributed by atoms with van der Waals surface area (Å²) in [5.74, 6) is -0.0263. The highest BCUT2D eigenvalue weighted by Gasteiger charge is 2.14. The van der Waals surface area contributed by atoms with Crippen LogP contribution in [-0.2, 0) is 0 Å². The number of aliphatic hydroxyl groups excluding tert-OH is 1. The first-order chi connectivity index (χ1) is 6.07. The zero-order chi connectivity index (χ0) is 10.0. The lowest BCUT2D eigenvalue weighted by atomic mass is 10.0. The Labute approximate surface area is 88.9 Å². The molecule has 0 aliphatic carbocycles. The molecule has 5 heteroatoms. The number of benzene rings is 1. The summed E-state index contributed by atoms with van der Waals surface area (Å²) < 4.78 is 0. The lowest BCUT2D eigenvalue weighted by Gasteiger charge is -2.15. The average Bonchev–Trinajstić information content (AvgIpc) is 2.12. The molecule has 0 fully saturated rings. The fourth-order valence-corrected chi connectivity index (χ4v) is 1.29. The normalized spacial score (nSPS) is 11.9. The van der Waals surface area contributed by atoms with Crippen molar-refractivity contribution in [1.82, 2.24) is 0 Å². The van der Waals surface area contributed by atoms with Gasteiger partial charge in [0.05, 0.1) is 18.3 Å². The topological polar surface area (TPSA) is 92.5 Å². The molecular formula is C9H15ClN2O2. The van der Waals surface area contributed by atoms with Gasteiger partial charge in [-0.15, -0.1) is 12.4 Å². The molecule has 0 bridgehead atoms. The van der Waals surface area contributed by atoms with Gasteiger partial charge < -0.3 is 21.7 Å². The van der Waals surface area contributed by atoms with Crippen molar-refractivity contribution in [3.8, 4) is 5.75 Å². The summed E-state index contributed by atoms with van der Waals surface area (Å²) in [6, 6.07) is 2.79. The predicted molar refractivity (Wildman–Crippen MR) is 58.5 cm³/mol. The van der Waals surface area contributed by atoms with Gasteiger partial charge in [0.1, 0.15) is 5.75 Å². The van der Waals surface area contributed by atoms with Crippen LogP contribution in [0.1, 0.15) is 17.2 Å². The van der Waals surface area contributed by atoms with E-state index in [4.69, 9.17) is 16.6 Å². The van der Waals surface area contributed by atoms with Crippen molar-refractivity contribution < 1.29 is 10.2 Å². The average molecular weight is 219 g/mol. The van der Waals surface area contributed by atoms with Gasteiger partial charge in [-0.05, 0) is 18.6 Å². The summed E-state index contributed by atoms with van der Waals surface area (Å²) in [5.41, 5.74) is 12.7. The Hall–Kier alpha value is -0.970. The second-order valence-electron chi connectivity index (χ2n) is 3.02. The summed E-state index contributed by atoms with van der Waals surface area (Å²) in [5, 5.41) is 18.4. The number of hydrogen-bond acceptors (Lipinski definition) is 4. The Morgan fingerprint density at radius 2 is 2.00 bits per heavy atom. The first kappa shape index (κ1) is 13.0. The summed E-state index contributed by atoms with van der Waals surface area (Å²) >= 11 is 0. The lowest BCUT2D eigenvalue weighted by Crippen LogP contribution is -2.16. The van der Waals surface area contributed by atoms with Crippen LogP contribution in [0.4, 0.5) is 5.69 Å². The molecule has 1 rings (SSSR count). The molecule has 1 aromatic carbocycles. The highest BCUT2D eigenvalue weighted by molar-refractivity contribution is 5.85. The third kappa shape index (κ3) is 2.29. The van der Waals surface area contributed by atoms with E-state index < -0.39 is 6.04 Å². The van der Waals surface area contributed by atoms with E-state index >= 15 is 0 Å². The number of phenols is 1. The van der Waals surface area contributed by atoms with Crippen LogP contribution in [0.15, 0.2) is 12.1 Å². The van der Waals surface area contributed by atoms with Gasteiger partial charge in [-0.2, -0.15) is 0 Å². The fraction of sp³-hybridized carbons (Fsp3) is 0.333. The number of hydrogen-bond donors (Lipinski definition) is 4. The van der Waals surface area contributed by atoms with Crippen molar-refractivity contribution in [1.29, 1.82) is 0 Å². The number of phenolic OH excluding ortho intramolecular Hbond substituents is 1. The third-order valence-corrected chi connectivity index (χ3v) is 2.03. The molecule has 0 aromatic heterocycles. The summed E-state index contributed by atoms with van der Waals surface area (Å²) in [6.45, 7) is 1.60. The SMILES string of the molecule is Cc1ccc(N)c(O)c1[C@@H](N)CO.Cl. The van der Waals surface area contributed by atoms with E-state index in [2.05, 4.69) is 0 Å². The largest absolute Gasteiger partial charge is 0.505 e. The van der Waals surface area contributed by atoms with E-state index in [1.165, 1.54) is 0 Å². The van der Waals surface area contributed by atoms with E-state index in [1.54, 1.807) is 12.1 Å². The van der Waals surface area contributed by atoms with Gasteiger partial charge in [-0.3, -0.25) is 0 Å². The number of nitrogen functional groups attached to an aromatic ring is 1. The smallest absolute Gasteiger partial charge is 0.143 e. The molecule has 0 radical (unpaired) electrons. The molecule has 0 aliphatic rings. The zero-order valence-electron chi connectivity index (χ0n) is 7.90. The number of aliphatic hydroxyl groups is 1. The number of rotatable bonds is 2. The number of aryl methyl sites for hydroxylation is 1. The number of halogens is 1. The predicted octanol–water partition coefficient (Wildman–Crippen LogP) is 0.697. The number of nitrogens with two attached hydrogens (primary N) is 2. The molecule has 0 saturated heterocycles. The van der Waals surface area contributed by atoms with Crippen molar-refractivity contribution in [3.05, 3.63) is 23.3 Å². The van der Waals surface area contributed by atoms with Gasteiger partial charge in [-0.1, -0.05) is 6.07 Å². The van der Waals surface area contributed by atoms with Crippen LogP contribution in [0.25, 0.3) is 0 Å². The zero-order valence-corrected chi connectivity index (χ0v) is 8.71. The van der Waals surface area contributed by atoms with E-state index in [0.29, 0.717) is 5.56 Å². The summed E-state index contributed by atoms with van der Waals surface area (Å²) in [4.78, 5) is 0. The minimum Gasteiger partial charge on any atom is -0.505 e. The Bertz CT molecular complexity index is 318. The van der Waals surface area contributed by atoms with Gasteiger partial charge in [0, 0.05) is 5.56 Å². The van der Waals surface area contributed by atoms with Crippen LogP contribution in [0.2, 0.25) is 0 Å². The van der Waals surface area contributed by atoms with Gasteiger partial charge in [0.2, 0.25) is 0 Å². The van der Waals surface area contributed by atoms with E-state index in [9.17, 15) is 5.11 Å². The molecule has 14 heavy (non-hydrogen) atoms. The first-order valence-electron chi connectivity index (χ1n) is 4.02. The molecule has 4 nitrogen and oxygen atoms in total. The molecule has 0 spiro atoms. The Morgan fingerprint density at radius 1 is 1.43 bits per heavy atom. The van der Waals surface area contributed by atoms with Crippen LogP contribution in [-0.4, -0.2) is 16.8 Å². The van der Waals surface area contributed by atoms with Crippen LogP contribution >= 0.6 is 12.4 Å². The van der Waals surface area contributed by atoms with Crippen molar-refractivity contribution in [3.63, 3.8) is 0 Å². The second kappa shape index (κ2) is 5.05. The third-order valence-electron chi connectivity index (χ3n) is 2.03. The maximum absolute atomic E-state index is 9.56. The van der Waals surface area contributed by atoms with Crippen molar-refractivity contribution >= 4 is 18.1 Å². The standard InChI is InChI=1S/C9H14N2O2.ClH/c1-5-2-3-6(10)9(13)8(5)7(11)4-12;/h2-3,7,12-13H,4,10-11H2,1H3;1H/t7-;/m0./s1. The molecular weight excluding hydrogens is 204 g/mol. The summed E-state index contributed by atoms with van der Waals surface area (Å²) in [6.07, 6.45) is 0. The van der Waals surface area contributed by atoms with Crippen molar-refractivity contribution in [2.45, 2.75) is 13.0 Å². The number of aromatic hydroxyl groups is 1. The fourth-order valence-electron chi connectivity index (χ4n) is 1.29. The maximum atomic E-state index is 9.56. The van der Waals surface area contributed by atoms with Crippen molar-refractivity contribution in [2.75, 3.05) is 12.3 Å². The molecule has 6 N–H and O–H groups in total. The molecule has 80 valence electrons.